The number of carboxylic acids is 1. The largest absolute Gasteiger partial charge is 0.478 e. The van der Waals surface area contributed by atoms with Crippen LogP contribution in [0, 0.1) is 5.92 Å². The Labute approximate surface area is 199 Å². The second-order valence-electron chi connectivity index (χ2n) is 8.76. The number of fused-ring (bicyclic) bond motifs is 3. The van der Waals surface area contributed by atoms with E-state index in [4.69, 9.17) is 9.84 Å². The third-order valence-electron chi connectivity index (χ3n) is 6.62. The molecule has 1 unspecified atom stereocenters. The van der Waals surface area contributed by atoms with E-state index in [0.29, 0.717) is 25.0 Å². The Morgan fingerprint density at radius 3 is 2.29 bits per heavy atom. The fourth-order valence-electron chi connectivity index (χ4n) is 4.84. The van der Waals surface area contributed by atoms with Gasteiger partial charge in [-0.2, -0.15) is 0 Å². The van der Waals surface area contributed by atoms with Crippen LogP contribution in [0.2, 0.25) is 0 Å². The van der Waals surface area contributed by atoms with Crippen LogP contribution >= 0.6 is 0 Å². The van der Waals surface area contributed by atoms with E-state index in [2.05, 4.69) is 29.6 Å². The number of benzene rings is 2. The lowest BCUT2D eigenvalue weighted by atomic mass is 9.98. The van der Waals surface area contributed by atoms with Gasteiger partial charge in [-0.3, -0.25) is 4.79 Å². The minimum absolute atomic E-state index is 0.0187. The molecule has 178 valence electrons. The summed E-state index contributed by atoms with van der Waals surface area (Å²) in [4.78, 5) is 38.3. The van der Waals surface area contributed by atoms with E-state index in [1.165, 1.54) is 11.1 Å². The smallest absolute Gasteiger partial charge is 0.407 e. The molecular formula is C27H30N2O5. The fourth-order valence-corrected chi connectivity index (χ4v) is 4.84. The number of aliphatic carboxylic acids is 1. The molecule has 1 aliphatic carbocycles. The normalized spacial score (nSPS) is 15.7. The molecule has 0 saturated carbocycles. The van der Waals surface area contributed by atoms with E-state index in [9.17, 15) is 14.4 Å². The summed E-state index contributed by atoms with van der Waals surface area (Å²) >= 11 is 0. The van der Waals surface area contributed by atoms with Crippen LogP contribution in [0.5, 0.6) is 0 Å². The Bertz CT molecular complexity index is 1060. The second kappa shape index (κ2) is 10.5. The molecule has 34 heavy (non-hydrogen) atoms. The molecule has 1 atom stereocenters. The first-order chi connectivity index (χ1) is 16.5. The zero-order valence-electron chi connectivity index (χ0n) is 19.3. The van der Waals surface area contributed by atoms with E-state index < -0.39 is 12.1 Å². The molecule has 0 aromatic heterocycles. The Balaban J connectivity index is 1.33. The molecule has 0 radical (unpaired) electrons. The number of rotatable bonds is 8. The predicted molar refractivity (Wildman–Crippen MR) is 128 cm³/mol. The number of carbonyl (C=O) groups excluding carboxylic acids is 2. The number of hydrogen-bond acceptors (Lipinski definition) is 4. The van der Waals surface area contributed by atoms with Crippen LogP contribution in [0.15, 0.2) is 60.2 Å². The molecule has 2 N–H and O–H groups in total. The number of carboxylic acid groups (broad SMARTS) is 1. The van der Waals surface area contributed by atoms with E-state index in [0.717, 1.165) is 17.5 Å². The quantitative estimate of drug-likeness (QED) is 0.613. The molecule has 0 bridgehead atoms. The molecule has 2 aromatic rings. The van der Waals surface area contributed by atoms with Crippen LogP contribution < -0.4 is 5.32 Å². The van der Waals surface area contributed by atoms with Crippen LogP contribution in [0.1, 0.15) is 43.2 Å². The van der Waals surface area contributed by atoms with E-state index >= 15 is 0 Å². The van der Waals surface area contributed by atoms with Crippen molar-refractivity contribution < 1.29 is 24.2 Å². The standard InChI is InChI=1S/C27H30N2O5/c1-2-7-19(25(30)29-14-12-18(13-15-29)26(31)32)16-28-27(33)34-17-24-22-10-5-3-8-20(22)21-9-4-6-11-23(21)24/h3-6,8-12,19,24H,2,7,13-17H2,1H3,(H,28,33)(H,31,32). The van der Waals surface area contributed by atoms with Crippen LogP contribution in [0.3, 0.4) is 0 Å². The lowest BCUT2D eigenvalue weighted by molar-refractivity contribution is -0.137. The Morgan fingerprint density at radius 2 is 1.74 bits per heavy atom. The number of hydrogen-bond donors (Lipinski definition) is 2. The van der Waals surface area contributed by atoms with Gasteiger partial charge in [0.05, 0.1) is 5.92 Å². The van der Waals surface area contributed by atoms with Gasteiger partial charge in [-0.25, -0.2) is 9.59 Å². The molecule has 2 aliphatic rings. The van der Waals surface area contributed by atoms with Gasteiger partial charge in [0, 0.05) is 31.1 Å². The molecule has 7 heteroatoms. The first-order valence-electron chi connectivity index (χ1n) is 11.8. The molecule has 0 saturated heterocycles. The van der Waals surface area contributed by atoms with Gasteiger partial charge in [-0.15, -0.1) is 0 Å². The summed E-state index contributed by atoms with van der Waals surface area (Å²) in [7, 11) is 0. The highest BCUT2D eigenvalue weighted by atomic mass is 16.5. The average Bonchev–Trinajstić information content (AvgIpc) is 3.18. The summed E-state index contributed by atoms with van der Waals surface area (Å²) < 4.78 is 5.58. The summed E-state index contributed by atoms with van der Waals surface area (Å²) in [6.07, 6.45) is 2.81. The lowest BCUT2D eigenvalue weighted by Gasteiger charge is -2.29. The molecule has 0 spiro atoms. The summed E-state index contributed by atoms with van der Waals surface area (Å²) in [5.41, 5.74) is 4.97. The Hall–Kier alpha value is -3.61. The highest BCUT2D eigenvalue weighted by molar-refractivity contribution is 5.88. The minimum atomic E-state index is -0.936. The van der Waals surface area contributed by atoms with Crippen molar-refractivity contribution in [1.29, 1.82) is 0 Å². The Kier molecular flexibility index (Phi) is 7.30. The molecule has 1 heterocycles. The molecule has 2 amide bonds. The van der Waals surface area contributed by atoms with Crippen molar-refractivity contribution in [2.45, 2.75) is 32.1 Å². The molecule has 0 fully saturated rings. The molecule has 4 rings (SSSR count). The summed E-state index contributed by atoms with van der Waals surface area (Å²) in [6, 6.07) is 16.3. The average molecular weight is 463 g/mol. The van der Waals surface area contributed by atoms with Crippen molar-refractivity contribution in [2.75, 3.05) is 26.2 Å². The maximum absolute atomic E-state index is 13.0. The van der Waals surface area contributed by atoms with Crippen LogP contribution in [-0.2, 0) is 14.3 Å². The first kappa shape index (κ1) is 23.5. The highest BCUT2D eigenvalue weighted by Gasteiger charge is 2.30. The van der Waals surface area contributed by atoms with Gasteiger partial charge in [-0.1, -0.05) is 68.0 Å². The fraction of sp³-hybridized carbons (Fsp3) is 0.370. The van der Waals surface area contributed by atoms with Crippen molar-refractivity contribution in [3.05, 3.63) is 71.3 Å². The van der Waals surface area contributed by atoms with Crippen molar-refractivity contribution in [3.63, 3.8) is 0 Å². The maximum Gasteiger partial charge on any atom is 0.407 e. The van der Waals surface area contributed by atoms with Crippen LogP contribution in [-0.4, -0.2) is 54.2 Å². The summed E-state index contributed by atoms with van der Waals surface area (Å²) in [6.45, 7) is 3.07. The SMILES string of the molecule is CCCC(CNC(=O)OCC1c2ccccc2-c2ccccc21)C(=O)N1CC=C(C(=O)O)CC1. The van der Waals surface area contributed by atoms with Gasteiger partial charge in [0.1, 0.15) is 6.61 Å². The number of nitrogens with zero attached hydrogens (tertiary/aromatic N) is 1. The monoisotopic (exact) mass is 462 g/mol. The van der Waals surface area contributed by atoms with Gasteiger partial charge in [0.2, 0.25) is 5.91 Å². The van der Waals surface area contributed by atoms with E-state index in [1.54, 1.807) is 11.0 Å². The molecular weight excluding hydrogens is 432 g/mol. The zero-order chi connectivity index (χ0) is 24.1. The van der Waals surface area contributed by atoms with Crippen molar-refractivity contribution in [2.24, 2.45) is 5.92 Å². The van der Waals surface area contributed by atoms with Crippen LogP contribution in [0.4, 0.5) is 4.79 Å². The third kappa shape index (κ3) is 4.98. The van der Waals surface area contributed by atoms with Crippen LogP contribution in [0.25, 0.3) is 11.1 Å². The van der Waals surface area contributed by atoms with E-state index in [1.807, 2.05) is 31.2 Å². The number of ether oxygens (including phenoxy) is 1. The summed E-state index contributed by atoms with van der Waals surface area (Å²) in [5.74, 6) is -1.39. The van der Waals surface area contributed by atoms with Crippen molar-refractivity contribution in [1.82, 2.24) is 10.2 Å². The second-order valence-corrected chi connectivity index (χ2v) is 8.76. The molecule has 2 aromatic carbocycles. The zero-order valence-corrected chi connectivity index (χ0v) is 19.3. The molecule has 7 nitrogen and oxygen atoms in total. The molecule has 1 aliphatic heterocycles. The van der Waals surface area contributed by atoms with Gasteiger partial charge >= 0.3 is 12.1 Å². The van der Waals surface area contributed by atoms with Crippen molar-refractivity contribution in [3.8, 4) is 11.1 Å². The number of nitrogens with one attached hydrogen (secondary N) is 1. The number of carbonyl (C=O) groups is 3. The lowest BCUT2D eigenvalue weighted by Crippen LogP contribution is -2.43. The maximum atomic E-state index is 13.0. The topological polar surface area (TPSA) is 95.9 Å². The van der Waals surface area contributed by atoms with Gasteiger partial charge in [0.25, 0.3) is 0 Å². The van der Waals surface area contributed by atoms with Gasteiger partial charge in [-0.05, 0) is 35.1 Å². The minimum Gasteiger partial charge on any atom is -0.478 e. The van der Waals surface area contributed by atoms with Gasteiger partial charge < -0.3 is 20.1 Å². The summed E-state index contributed by atoms with van der Waals surface area (Å²) in [5, 5.41) is 11.9. The van der Waals surface area contributed by atoms with Gasteiger partial charge in [0.15, 0.2) is 0 Å². The third-order valence-corrected chi connectivity index (χ3v) is 6.62. The number of amides is 2. The number of alkyl carbamates (subject to hydrolysis) is 1. The highest BCUT2D eigenvalue weighted by Crippen LogP contribution is 2.44. The first-order valence-corrected chi connectivity index (χ1v) is 11.8. The van der Waals surface area contributed by atoms with E-state index in [-0.39, 0.29) is 37.4 Å². The Morgan fingerprint density at radius 1 is 1.09 bits per heavy atom. The predicted octanol–water partition coefficient (Wildman–Crippen LogP) is 4.18. The van der Waals surface area contributed by atoms with Crippen molar-refractivity contribution >= 4 is 18.0 Å².